The second-order valence-electron chi connectivity index (χ2n) is 15.5. The van der Waals surface area contributed by atoms with E-state index in [9.17, 15) is 6.57 Å². The summed E-state index contributed by atoms with van der Waals surface area (Å²) >= 11 is 0. The van der Waals surface area contributed by atoms with Gasteiger partial charge in [-0.05, 0) is 60.0 Å². The van der Waals surface area contributed by atoms with E-state index in [1.807, 2.05) is 0 Å². The van der Waals surface area contributed by atoms with Crippen LogP contribution in [-0.4, -0.2) is 18.3 Å². The second kappa shape index (κ2) is 12.3. The normalized spacial score (nSPS) is 12.0. The number of para-hydroxylation sites is 8. The Labute approximate surface area is 344 Å². The van der Waals surface area contributed by atoms with Gasteiger partial charge < -0.3 is 18.3 Å². The van der Waals surface area contributed by atoms with Crippen LogP contribution in [0.4, 0.5) is 5.69 Å². The number of nitrogens with zero attached hydrogens (tertiary/aromatic N) is 5. The van der Waals surface area contributed by atoms with Gasteiger partial charge in [-0.25, -0.2) is 4.85 Å². The summed E-state index contributed by atoms with van der Waals surface area (Å²) in [6, 6.07) is 71.5. The van der Waals surface area contributed by atoms with Crippen LogP contribution in [0.2, 0.25) is 0 Å². The van der Waals surface area contributed by atoms with E-state index >= 15 is 0 Å². The minimum Gasteiger partial charge on any atom is -0.317 e. The highest BCUT2D eigenvalue weighted by Crippen LogP contribution is 2.53. The summed E-state index contributed by atoms with van der Waals surface area (Å²) < 4.78 is 9.70. The average Bonchev–Trinajstić information content (AvgIpc) is 4.04. The molecule has 0 atom stereocenters. The van der Waals surface area contributed by atoms with Gasteiger partial charge in [0.25, 0.3) is 0 Å². The Morgan fingerprint density at radius 2 is 0.583 bits per heavy atom. The van der Waals surface area contributed by atoms with Crippen molar-refractivity contribution in [1.29, 1.82) is 0 Å². The first-order valence-electron chi connectivity index (χ1n) is 20.3. The topological polar surface area (TPSA) is 24.1 Å². The summed E-state index contributed by atoms with van der Waals surface area (Å²) in [4.78, 5) is 4.70. The van der Waals surface area contributed by atoms with Gasteiger partial charge in [-0.15, -0.1) is 0 Å². The molecular formula is C55H33N5. The molecule has 13 aromatic rings. The van der Waals surface area contributed by atoms with E-state index in [0.717, 1.165) is 99.2 Å². The van der Waals surface area contributed by atoms with Crippen molar-refractivity contribution in [3.63, 3.8) is 0 Å². The minimum absolute atomic E-state index is 0.601. The van der Waals surface area contributed by atoms with E-state index in [-0.39, 0.29) is 0 Å². The molecule has 0 spiro atoms. The number of hydrogen-bond donors (Lipinski definition) is 0. The van der Waals surface area contributed by atoms with Crippen molar-refractivity contribution in [2.45, 2.75) is 0 Å². The molecule has 0 bridgehead atoms. The van der Waals surface area contributed by atoms with Gasteiger partial charge in [-0.3, -0.25) is 0 Å². The maximum atomic E-state index is 9.42. The van der Waals surface area contributed by atoms with Crippen molar-refractivity contribution in [1.82, 2.24) is 18.3 Å². The lowest BCUT2D eigenvalue weighted by molar-refractivity contribution is 1.05. The van der Waals surface area contributed by atoms with Crippen LogP contribution in [-0.2, 0) is 0 Å². The van der Waals surface area contributed by atoms with E-state index < -0.39 is 0 Å². The fourth-order valence-corrected chi connectivity index (χ4v) is 10.2. The van der Waals surface area contributed by atoms with Crippen molar-refractivity contribution >= 4 is 92.9 Å². The van der Waals surface area contributed by atoms with Crippen LogP contribution >= 0.6 is 0 Å². The molecule has 0 radical (unpaired) electrons. The summed E-state index contributed by atoms with van der Waals surface area (Å²) in [6.07, 6.45) is 0. The first kappa shape index (κ1) is 32.7. The lowest BCUT2D eigenvalue weighted by Crippen LogP contribution is -2.11. The van der Waals surface area contributed by atoms with Crippen LogP contribution in [0.3, 0.4) is 0 Å². The fourth-order valence-electron chi connectivity index (χ4n) is 10.2. The van der Waals surface area contributed by atoms with Gasteiger partial charge in [0.05, 0.1) is 67.8 Å². The third-order valence-electron chi connectivity index (χ3n) is 12.5. The molecule has 0 saturated carbocycles. The lowest BCUT2D eigenvalue weighted by atomic mass is 10.0. The zero-order valence-electron chi connectivity index (χ0n) is 32.3. The van der Waals surface area contributed by atoms with Crippen molar-refractivity contribution in [2.24, 2.45) is 0 Å². The van der Waals surface area contributed by atoms with Crippen molar-refractivity contribution in [3.8, 4) is 22.7 Å². The third-order valence-corrected chi connectivity index (χ3v) is 12.5. The molecule has 13 rings (SSSR count). The van der Waals surface area contributed by atoms with Gasteiger partial charge in [0, 0.05) is 43.4 Å². The van der Waals surface area contributed by atoms with Crippen LogP contribution in [0.1, 0.15) is 0 Å². The molecule has 60 heavy (non-hydrogen) atoms. The average molecular weight is 764 g/mol. The van der Waals surface area contributed by atoms with Gasteiger partial charge >= 0.3 is 0 Å². The monoisotopic (exact) mass is 763 g/mol. The zero-order valence-corrected chi connectivity index (χ0v) is 32.3. The molecule has 0 aliphatic rings. The Bertz CT molecular complexity index is 3800. The molecule has 0 aliphatic carbocycles. The van der Waals surface area contributed by atoms with Crippen molar-refractivity contribution in [3.05, 3.63) is 212 Å². The van der Waals surface area contributed by atoms with E-state index in [4.69, 9.17) is 4.85 Å². The van der Waals surface area contributed by atoms with Gasteiger partial charge in [0.2, 0.25) is 5.69 Å². The van der Waals surface area contributed by atoms with E-state index in [1.54, 1.807) is 0 Å². The highest BCUT2D eigenvalue weighted by molar-refractivity contribution is 6.25. The molecule has 0 unspecified atom stereocenters. The van der Waals surface area contributed by atoms with Crippen LogP contribution < -0.4 is 0 Å². The molecule has 5 nitrogen and oxygen atoms in total. The Hall–Kier alpha value is -8.33. The van der Waals surface area contributed by atoms with Gasteiger partial charge in [-0.1, -0.05) is 146 Å². The van der Waals surface area contributed by atoms with Crippen molar-refractivity contribution < 1.29 is 0 Å². The predicted molar refractivity (Wildman–Crippen MR) is 250 cm³/mol. The molecule has 9 aromatic carbocycles. The molecule has 0 fully saturated rings. The van der Waals surface area contributed by atoms with Crippen LogP contribution in [0, 0.1) is 6.57 Å². The van der Waals surface area contributed by atoms with E-state index in [2.05, 4.69) is 218 Å². The molecule has 278 valence electrons. The highest BCUT2D eigenvalue weighted by atomic mass is 15.1. The maximum Gasteiger partial charge on any atom is 0.222 e. The third kappa shape index (κ3) is 4.24. The molecule has 0 aliphatic heterocycles. The number of hydrogen-bond acceptors (Lipinski definition) is 0. The number of rotatable bonds is 4. The zero-order chi connectivity index (χ0) is 39.5. The number of benzene rings is 9. The molecule has 4 heterocycles. The maximum absolute atomic E-state index is 9.42. The van der Waals surface area contributed by atoms with Crippen LogP contribution in [0.25, 0.3) is 115 Å². The minimum atomic E-state index is 0.601. The Balaban J connectivity index is 1.43. The Morgan fingerprint density at radius 1 is 0.283 bits per heavy atom. The highest BCUT2D eigenvalue weighted by Gasteiger charge is 2.33. The summed E-state index contributed by atoms with van der Waals surface area (Å²) in [6.45, 7) is 9.42. The summed E-state index contributed by atoms with van der Waals surface area (Å²) in [5, 5.41) is 8.88. The van der Waals surface area contributed by atoms with E-state index in [0.29, 0.717) is 5.69 Å². The standard InChI is InChI=1S/C55H33N5/c1-56-51-50-42-27-11-18-34-49(42)57(35-19-3-2-4-20-35)52(50)54(59-45-30-14-7-23-38(45)39-24-8-15-31-46(39)59)55(60-47-32-16-9-25-40(47)41-26-10-17-33-48(41)60)53(51)58-43-28-12-5-21-36(43)37-22-6-13-29-44(37)58/h2-34H. The van der Waals surface area contributed by atoms with Gasteiger partial charge in [-0.2, -0.15) is 0 Å². The molecule has 5 heteroatoms. The first-order chi connectivity index (χ1) is 29.8. The van der Waals surface area contributed by atoms with Crippen LogP contribution in [0.15, 0.2) is 200 Å². The summed E-state index contributed by atoms with van der Waals surface area (Å²) in [5.41, 5.74) is 12.8. The first-order valence-corrected chi connectivity index (χ1v) is 20.3. The SMILES string of the molecule is [C-]#[N+]c1c(-n2c3ccccc3c3ccccc32)c(-n2c3ccccc3c3ccccc32)c(-n2c3ccccc3c3ccccc32)c2c1c1ccccc1n2-c1ccccc1. The van der Waals surface area contributed by atoms with E-state index in [1.165, 1.54) is 10.8 Å². The smallest absolute Gasteiger partial charge is 0.222 e. The van der Waals surface area contributed by atoms with Crippen LogP contribution in [0.5, 0.6) is 0 Å². The molecule has 0 amide bonds. The molecule has 0 N–H and O–H groups in total. The van der Waals surface area contributed by atoms with Crippen molar-refractivity contribution in [2.75, 3.05) is 0 Å². The fraction of sp³-hybridized carbons (Fsp3) is 0. The van der Waals surface area contributed by atoms with Gasteiger partial charge in [0.1, 0.15) is 0 Å². The molecule has 0 saturated heterocycles. The Morgan fingerprint density at radius 3 is 0.967 bits per heavy atom. The molecule has 4 aromatic heterocycles. The molecular weight excluding hydrogens is 731 g/mol. The summed E-state index contributed by atoms with van der Waals surface area (Å²) in [7, 11) is 0. The number of aromatic nitrogens is 4. The lowest BCUT2D eigenvalue weighted by Gasteiger charge is -2.25. The predicted octanol–water partition coefficient (Wildman–Crippen LogP) is 14.6. The largest absolute Gasteiger partial charge is 0.317 e. The Kier molecular flexibility index (Phi) is 6.73. The number of fused-ring (bicyclic) bond motifs is 12. The second-order valence-corrected chi connectivity index (χ2v) is 15.5. The van der Waals surface area contributed by atoms with Gasteiger partial charge in [0.15, 0.2) is 0 Å². The summed E-state index contributed by atoms with van der Waals surface area (Å²) in [5.74, 6) is 0. The quantitative estimate of drug-likeness (QED) is 0.159.